The van der Waals surface area contributed by atoms with Gasteiger partial charge in [0.05, 0.1) is 4.90 Å². The molecule has 1 aliphatic heterocycles. The minimum atomic E-state index is -3.59. The monoisotopic (exact) mass is 406 g/mol. The molecule has 0 unspecified atom stereocenters. The molecule has 0 aliphatic carbocycles. The van der Waals surface area contributed by atoms with Gasteiger partial charge < -0.3 is 4.90 Å². The second kappa shape index (κ2) is 8.00. The number of rotatable bonds is 4. The lowest BCUT2D eigenvalue weighted by Crippen LogP contribution is -2.46. The molecule has 7 heteroatoms. The van der Waals surface area contributed by atoms with Gasteiger partial charge in [0, 0.05) is 29.7 Å². The molecule has 144 valence electrons. The second-order valence-corrected chi connectivity index (χ2v) is 9.11. The zero-order valence-corrected chi connectivity index (χ0v) is 17.0. The topological polar surface area (TPSA) is 66.5 Å². The summed E-state index contributed by atoms with van der Waals surface area (Å²) in [5, 5.41) is 0.493. The molecule has 0 saturated carbocycles. The summed E-state index contributed by atoms with van der Waals surface area (Å²) in [6.45, 7) is 4.99. The van der Waals surface area contributed by atoms with Crippen LogP contribution in [0.25, 0.3) is 0 Å². The molecule has 1 N–H and O–H groups in total. The number of sulfonamides is 1. The Balaban J connectivity index is 1.61. The highest BCUT2D eigenvalue weighted by molar-refractivity contribution is 7.89. The van der Waals surface area contributed by atoms with Gasteiger partial charge in [-0.25, -0.2) is 13.1 Å². The van der Waals surface area contributed by atoms with Crippen molar-refractivity contribution in [2.24, 2.45) is 0 Å². The number of amides is 1. The van der Waals surface area contributed by atoms with Crippen LogP contribution in [-0.4, -0.2) is 38.4 Å². The summed E-state index contributed by atoms with van der Waals surface area (Å²) in [7, 11) is -3.59. The summed E-state index contributed by atoms with van der Waals surface area (Å²) in [4.78, 5) is 14.7. The Labute approximate surface area is 165 Å². The molecule has 1 amide bonds. The molecule has 0 bridgehead atoms. The Bertz CT molecular complexity index is 934. The number of likely N-dealkylation sites (tertiary alicyclic amines) is 1. The molecule has 0 atom stereocenters. The van der Waals surface area contributed by atoms with Gasteiger partial charge in [-0.2, -0.15) is 0 Å². The first kappa shape index (κ1) is 19.9. The van der Waals surface area contributed by atoms with E-state index in [-0.39, 0.29) is 16.8 Å². The summed E-state index contributed by atoms with van der Waals surface area (Å²) in [6, 6.07) is 11.7. The highest BCUT2D eigenvalue weighted by Gasteiger charge is 2.27. The van der Waals surface area contributed by atoms with Crippen molar-refractivity contribution in [2.45, 2.75) is 37.6 Å². The first-order valence-corrected chi connectivity index (χ1v) is 10.8. The van der Waals surface area contributed by atoms with Gasteiger partial charge in [-0.3, -0.25) is 4.79 Å². The zero-order chi connectivity index (χ0) is 19.6. The van der Waals surface area contributed by atoms with E-state index >= 15 is 0 Å². The van der Waals surface area contributed by atoms with Crippen LogP contribution in [0.1, 0.15) is 34.3 Å². The number of nitrogens with one attached hydrogen (secondary N) is 1. The molecule has 0 spiro atoms. The Morgan fingerprint density at radius 2 is 1.70 bits per heavy atom. The highest BCUT2D eigenvalue weighted by atomic mass is 35.5. The average Bonchev–Trinajstić information content (AvgIpc) is 2.62. The van der Waals surface area contributed by atoms with E-state index in [1.807, 2.05) is 32.0 Å². The van der Waals surface area contributed by atoms with Gasteiger partial charge in [0.15, 0.2) is 0 Å². The maximum atomic E-state index is 12.8. The quantitative estimate of drug-likeness (QED) is 0.844. The summed E-state index contributed by atoms with van der Waals surface area (Å²) < 4.78 is 27.7. The van der Waals surface area contributed by atoms with Crippen molar-refractivity contribution in [3.05, 3.63) is 64.2 Å². The standard InChI is InChI=1S/C20H23ClN2O3S/c1-14-3-8-19(15(2)13-14)20(24)23-11-9-17(10-12-23)22-27(25,26)18-6-4-16(21)5-7-18/h3-8,13,17,22H,9-12H2,1-2H3. The molecule has 1 aliphatic rings. The van der Waals surface area contributed by atoms with E-state index in [9.17, 15) is 13.2 Å². The van der Waals surface area contributed by atoms with Gasteiger partial charge in [0.25, 0.3) is 5.91 Å². The molecule has 1 heterocycles. The van der Waals surface area contributed by atoms with Gasteiger partial charge >= 0.3 is 0 Å². The Kier molecular flexibility index (Phi) is 5.89. The normalized spacial score (nSPS) is 15.7. The molecular formula is C20H23ClN2O3S. The van der Waals surface area contributed by atoms with E-state index in [1.54, 1.807) is 17.0 Å². The molecular weight excluding hydrogens is 384 g/mol. The van der Waals surface area contributed by atoms with Crippen LogP contribution >= 0.6 is 11.6 Å². The van der Waals surface area contributed by atoms with Crippen molar-refractivity contribution in [1.82, 2.24) is 9.62 Å². The van der Waals surface area contributed by atoms with Gasteiger partial charge in [0.1, 0.15) is 0 Å². The van der Waals surface area contributed by atoms with Crippen LogP contribution in [-0.2, 0) is 10.0 Å². The van der Waals surface area contributed by atoms with E-state index in [2.05, 4.69) is 4.72 Å². The number of nitrogens with zero attached hydrogens (tertiary/aromatic N) is 1. The van der Waals surface area contributed by atoms with Crippen molar-refractivity contribution in [2.75, 3.05) is 13.1 Å². The maximum absolute atomic E-state index is 12.8. The predicted molar refractivity (Wildman–Crippen MR) is 107 cm³/mol. The average molecular weight is 407 g/mol. The molecule has 1 fully saturated rings. The Morgan fingerprint density at radius 1 is 1.07 bits per heavy atom. The van der Waals surface area contributed by atoms with Crippen molar-refractivity contribution < 1.29 is 13.2 Å². The molecule has 2 aromatic rings. The van der Waals surface area contributed by atoms with Gasteiger partial charge in [-0.1, -0.05) is 29.3 Å². The molecule has 5 nitrogen and oxygen atoms in total. The van der Waals surface area contributed by atoms with E-state index in [4.69, 9.17) is 11.6 Å². The van der Waals surface area contributed by atoms with E-state index in [0.29, 0.717) is 36.5 Å². The summed E-state index contributed by atoms with van der Waals surface area (Å²) >= 11 is 5.82. The third-order valence-electron chi connectivity index (χ3n) is 4.84. The van der Waals surface area contributed by atoms with Crippen molar-refractivity contribution in [3.63, 3.8) is 0 Å². The zero-order valence-electron chi connectivity index (χ0n) is 15.4. The van der Waals surface area contributed by atoms with E-state index in [0.717, 1.165) is 11.1 Å². The summed E-state index contributed by atoms with van der Waals surface area (Å²) in [5.74, 6) is 0.00603. The minimum absolute atomic E-state index is 0.00603. The lowest BCUT2D eigenvalue weighted by molar-refractivity contribution is 0.0710. The van der Waals surface area contributed by atoms with Crippen molar-refractivity contribution >= 4 is 27.5 Å². The highest BCUT2D eigenvalue weighted by Crippen LogP contribution is 2.20. The molecule has 1 saturated heterocycles. The Hall–Kier alpha value is -1.89. The number of halogens is 1. The fourth-order valence-electron chi connectivity index (χ4n) is 3.33. The van der Waals surface area contributed by atoms with Crippen LogP contribution in [0.3, 0.4) is 0 Å². The lowest BCUT2D eigenvalue weighted by atomic mass is 10.0. The number of hydrogen-bond acceptors (Lipinski definition) is 3. The second-order valence-electron chi connectivity index (χ2n) is 6.96. The maximum Gasteiger partial charge on any atom is 0.254 e. The molecule has 0 radical (unpaired) electrons. The van der Waals surface area contributed by atoms with E-state index in [1.165, 1.54) is 12.1 Å². The third kappa shape index (κ3) is 4.69. The van der Waals surface area contributed by atoms with Crippen LogP contribution in [0.4, 0.5) is 0 Å². The molecule has 3 rings (SSSR count). The van der Waals surface area contributed by atoms with E-state index < -0.39 is 10.0 Å². The largest absolute Gasteiger partial charge is 0.339 e. The number of piperidine rings is 1. The van der Waals surface area contributed by atoms with Crippen LogP contribution in [0.2, 0.25) is 5.02 Å². The number of benzene rings is 2. The predicted octanol–water partition coefficient (Wildman–Crippen LogP) is 3.54. The summed E-state index contributed by atoms with van der Waals surface area (Å²) in [6.07, 6.45) is 1.17. The lowest BCUT2D eigenvalue weighted by Gasteiger charge is -2.32. The number of carbonyl (C=O) groups excluding carboxylic acids is 1. The minimum Gasteiger partial charge on any atom is -0.339 e. The molecule has 27 heavy (non-hydrogen) atoms. The van der Waals surface area contributed by atoms with Gasteiger partial charge in [0.2, 0.25) is 10.0 Å². The number of hydrogen-bond donors (Lipinski definition) is 1. The van der Waals surface area contributed by atoms with Crippen LogP contribution in [0.15, 0.2) is 47.4 Å². The van der Waals surface area contributed by atoms with Gasteiger partial charge in [-0.15, -0.1) is 0 Å². The first-order chi connectivity index (χ1) is 12.8. The van der Waals surface area contributed by atoms with Crippen LogP contribution in [0.5, 0.6) is 0 Å². The smallest absolute Gasteiger partial charge is 0.254 e. The number of aryl methyl sites for hydroxylation is 2. The fourth-order valence-corrected chi connectivity index (χ4v) is 4.76. The first-order valence-electron chi connectivity index (χ1n) is 8.91. The molecule has 0 aromatic heterocycles. The summed E-state index contributed by atoms with van der Waals surface area (Å²) in [5.41, 5.74) is 2.80. The number of carbonyl (C=O) groups is 1. The van der Waals surface area contributed by atoms with Crippen molar-refractivity contribution in [1.29, 1.82) is 0 Å². The van der Waals surface area contributed by atoms with Crippen LogP contribution < -0.4 is 4.72 Å². The fraction of sp³-hybridized carbons (Fsp3) is 0.350. The van der Waals surface area contributed by atoms with Crippen molar-refractivity contribution in [3.8, 4) is 0 Å². The molecule has 2 aromatic carbocycles. The Morgan fingerprint density at radius 3 is 2.30 bits per heavy atom. The van der Waals surface area contributed by atoms with Gasteiger partial charge in [-0.05, 0) is 62.6 Å². The van der Waals surface area contributed by atoms with Crippen LogP contribution in [0, 0.1) is 13.8 Å². The third-order valence-corrected chi connectivity index (χ3v) is 6.63. The SMILES string of the molecule is Cc1ccc(C(=O)N2CCC(NS(=O)(=O)c3ccc(Cl)cc3)CC2)c(C)c1.